The standard InChI is InChI=1S/C24H36O5Si/c1-23(2,3)22(26)28-20-18(25)14-15-19(29-30(7,8)24(4,5)6)21(20)27-16-17-12-10-9-11-13-17/h9-15,19-21H,16H2,1-8H3/t19-,20+,21+/m1/s1. The molecule has 0 fully saturated rings. The maximum Gasteiger partial charge on any atom is 0.312 e. The van der Waals surface area contributed by atoms with E-state index in [1.807, 2.05) is 30.3 Å². The number of carbonyl (C=O) groups is 2. The zero-order valence-corrected chi connectivity index (χ0v) is 20.5. The molecule has 1 aliphatic carbocycles. The number of hydrogen-bond acceptors (Lipinski definition) is 5. The second kappa shape index (κ2) is 9.16. The van der Waals surface area contributed by atoms with Crippen LogP contribution in [0.4, 0.5) is 0 Å². The van der Waals surface area contributed by atoms with Crippen molar-refractivity contribution in [1.82, 2.24) is 0 Å². The minimum atomic E-state index is -2.15. The predicted octanol–water partition coefficient (Wildman–Crippen LogP) is 5.06. The van der Waals surface area contributed by atoms with Crippen LogP contribution in [-0.4, -0.2) is 38.4 Å². The molecule has 0 bridgehead atoms. The van der Waals surface area contributed by atoms with E-state index in [1.54, 1.807) is 26.8 Å². The van der Waals surface area contributed by atoms with Gasteiger partial charge in [0.25, 0.3) is 0 Å². The molecule has 166 valence electrons. The number of ether oxygens (including phenoxy) is 2. The molecule has 0 aliphatic heterocycles. The van der Waals surface area contributed by atoms with Crippen molar-refractivity contribution >= 4 is 20.1 Å². The van der Waals surface area contributed by atoms with E-state index in [0.29, 0.717) is 6.61 Å². The fourth-order valence-corrected chi connectivity index (χ4v) is 3.96. The molecule has 2 rings (SSSR count). The highest BCUT2D eigenvalue weighted by molar-refractivity contribution is 6.74. The number of carbonyl (C=O) groups excluding carboxylic acids is 2. The molecule has 0 radical (unpaired) electrons. The zero-order valence-electron chi connectivity index (χ0n) is 19.5. The summed E-state index contributed by atoms with van der Waals surface area (Å²) in [4.78, 5) is 25.3. The van der Waals surface area contributed by atoms with Gasteiger partial charge in [0.15, 0.2) is 20.2 Å². The van der Waals surface area contributed by atoms with E-state index in [0.717, 1.165) is 5.56 Å². The molecular weight excluding hydrogens is 396 g/mol. The normalized spacial score (nSPS) is 22.8. The minimum absolute atomic E-state index is 0.0101. The van der Waals surface area contributed by atoms with Gasteiger partial charge in [0.1, 0.15) is 6.10 Å². The number of hydrogen-bond donors (Lipinski definition) is 0. The van der Waals surface area contributed by atoms with Crippen LogP contribution in [0.5, 0.6) is 0 Å². The maximum atomic E-state index is 12.7. The molecule has 3 atom stereocenters. The van der Waals surface area contributed by atoms with Crippen molar-refractivity contribution in [3.63, 3.8) is 0 Å². The van der Waals surface area contributed by atoms with Gasteiger partial charge in [-0.05, 0) is 50.5 Å². The summed E-state index contributed by atoms with van der Waals surface area (Å²) in [7, 11) is -2.15. The second-order valence-corrected chi connectivity index (χ2v) is 15.2. The van der Waals surface area contributed by atoms with Crippen LogP contribution in [-0.2, 0) is 30.1 Å². The lowest BCUT2D eigenvalue weighted by atomic mass is 9.94. The van der Waals surface area contributed by atoms with Gasteiger partial charge in [-0.2, -0.15) is 0 Å². The van der Waals surface area contributed by atoms with Gasteiger partial charge < -0.3 is 13.9 Å². The summed E-state index contributed by atoms with van der Waals surface area (Å²) >= 11 is 0. The molecule has 0 amide bonds. The second-order valence-electron chi connectivity index (χ2n) is 10.4. The van der Waals surface area contributed by atoms with E-state index in [1.165, 1.54) is 6.08 Å². The van der Waals surface area contributed by atoms with Crippen LogP contribution in [0.1, 0.15) is 47.1 Å². The Labute approximate surface area is 181 Å². The van der Waals surface area contributed by atoms with Gasteiger partial charge in [0.05, 0.1) is 18.1 Å². The van der Waals surface area contributed by atoms with Gasteiger partial charge >= 0.3 is 5.97 Å². The summed E-state index contributed by atoms with van der Waals surface area (Å²) in [6.07, 6.45) is 1.01. The SMILES string of the molecule is CC(C)(C)C(=O)O[C@H]1C(=O)C=C[C@@H](O[Si](C)(C)C(C)(C)C)[C@@H]1OCc1ccccc1. The smallest absolute Gasteiger partial charge is 0.312 e. The Hall–Kier alpha value is -1.76. The molecule has 0 N–H and O–H groups in total. The monoisotopic (exact) mass is 432 g/mol. The molecule has 0 heterocycles. The Morgan fingerprint density at radius 1 is 1.03 bits per heavy atom. The Morgan fingerprint density at radius 2 is 1.63 bits per heavy atom. The molecule has 1 aromatic carbocycles. The average Bonchev–Trinajstić information content (AvgIpc) is 2.62. The number of rotatable bonds is 6. The third-order valence-corrected chi connectivity index (χ3v) is 10.2. The fourth-order valence-electron chi connectivity index (χ4n) is 2.72. The minimum Gasteiger partial charge on any atom is -0.451 e. The summed E-state index contributed by atoms with van der Waals surface area (Å²) in [5.74, 6) is -0.712. The summed E-state index contributed by atoms with van der Waals surface area (Å²) in [6, 6.07) is 9.73. The van der Waals surface area contributed by atoms with E-state index < -0.39 is 38.0 Å². The maximum absolute atomic E-state index is 12.7. The van der Waals surface area contributed by atoms with E-state index in [-0.39, 0.29) is 10.8 Å². The molecule has 0 saturated heterocycles. The average molecular weight is 433 g/mol. The quantitative estimate of drug-likeness (QED) is 0.464. The first kappa shape index (κ1) is 24.5. The topological polar surface area (TPSA) is 61.8 Å². The van der Waals surface area contributed by atoms with Gasteiger partial charge in [0, 0.05) is 0 Å². The highest BCUT2D eigenvalue weighted by atomic mass is 28.4. The van der Waals surface area contributed by atoms with Crippen LogP contribution in [0.25, 0.3) is 0 Å². The largest absolute Gasteiger partial charge is 0.451 e. The first-order valence-corrected chi connectivity index (χ1v) is 13.4. The zero-order chi connectivity index (χ0) is 22.7. The first-order valence-electron chi connectivity index (χ1n) is 10.5. The Bertz CT molecular complexity index is 771. The molecule has 0 spiro atoms. The van der Waals surface area contributed by atoms with Crippen molar-refractivity contribution in [3.8, 4) is 0 Å². The summed E-state index contributed by atoms with van der Waals surface area (Å²) in [6.45, 7) is 16.4. The van der Waals surface area contributed by atoms with Crippen LogP contribution >= 0.6 is 0 Å². The molecule has 0 unspecified atom stereocenters. The first-order chi connectivity index (χ1) is 13.7. The van der Waals surface area contributed by atoms with Crippen molar-refractivity contribution in [1.29, 1.82) is 0 Å². The van der Waals surface area contributed by atoms with Crippen LogP contribution in [0.3, 0.4) is 0 Å². The summed E-state index contributed by atoms with van der Waals surface area (Å²) in [5, 5.41) is -0.0101. The van der Waals surface area contributed by atoms with Crippen molar-refractivity contribution in [2.45, 2.75) is 84.6 Å². The lowest BCUT2D eigenvalue weighted by Crippen LogP contribution is -2.54. The van der Waals surface area contributed by atoms with E-state index in [9.17, 15) is 9.59 Å². The van der Waals surface area contributed by atoms with E-state index in [2.05, 4.69) is 33.9 Å². The van der Waals surface area contributed by atoms with Gasteiger partial charge in [-0.3, -0.25) is 9.59 Å². The fraction of sp³-hybridized carbons (Fsp3) is 0.583. The van der Waals surface area contributed by atoms with Crippen LogP contribution in [0.2, 0.25) is 18.1 Å². The van der Waals surface area contributed by atoms with Gasteiger partial charge in [0.2, 0.25) is 0 Å². The molecule has 1 aliphatic rings. The summed E-state index contributed by atoms with van der Waals surface area (Å²) < 4.78 is 18.4. The number of esters is 1. The molecule has 30 heavy (non-hydrogen) atoms. The highest BCUT2D eigenvalue weighted by Gasteiger charge is 2.46. The third-order valence-electron chi connectivity index (χ3n) is 5.72. The third kappa shape index (κ3) is 6.12. The van der Waals surface area contributed by atoms with Gasteiger partial charge in [-0.1, -0.05) is 57.2 Å². The molecule has 0 aromatic heterocycles. The van der Waals surface area contributed by atoms with Crippen LogP contribution in [0.15, 0.2) is 42.5 Å². The van der Waals surface area contributed by atoms with Gasteiger partial charge in [-0.25, -0.2) is 0 Å². The predicted molar refractivity (Wildman–Crippen MR) is 121 cm³/mol. The van der Waals surface area contributed by atoms with Crippen molar-refractivity contribution in [2.24, 2.45) is 5.41 Å². The highest BCUT2D eigenvalue weighted by Crippen LogP contribution is 2.39. The molecule has 1 aromatic rings. The van der Waals surface area contributed by atoms with Crippen LogP contribution < -0.4 is 0 Å². The number of benzene rings is 1. The molecule has 6 heteroatoms. The molecule has 5 nitrogen and oxygen atoms in total. The van der Waals surface area contributed by atoms with Gasteiger partial charge in [-0.15, -0.1) is 0 Å². The molecule has 0 saturated carbocycles. The van der Waals surface area contributed by atoms with Crippen molar-refractivity contribution < 1.29 is 23.5 Å². The van der Waals surface area contributed by atoms with Crippen molar-refractivity contribution in [3.05, 3.63) is 48.0 Å². The lowest BCUT2D eigenvalue weighted by Gasteiger charge is -2.42. The Morgan fingerprint density at radius 3 is 2.17 bits per heavy atom. The van der Waals surface area contributed by atoms with E-state index in [4.69, 9.17) is 13.9 Å². The van der Waals surface area contributed by atoms with E-state index >= 15 is 0 Å². The lowest BCUT2D eigenvalue weighted by molar-refractivity contribution is -0.177. The number of ketones is 1. The Balaban J connectivity index is 2.32. The summed E-state index contributed by atoms with van der Waals surface area (Å²) in [5.41, 5.74) is 0.257. The Kier molecular flexibility index (Phi) is 7.48. The van der Waals surface area contributed by atoms with Crippen LogP contribution in [0, 0.1) is 5.41 Å². The molecular formula is C24H36O5Si. The van der Waals surface area contributed by atoms with Crippen molar-refractivity contribution in [2.75, 3.05) is 0 Å².